The molecule has 4 aromatic rings. The number of amides is 2. The second-order valence-corrected chi connectivity index (χ2v) is 12.9. The van der Waals surface area contributed by atoms with E-state index in [0.717, 1.165) is 16.5 Å². The molecule has 8 nitrogen and oxygen atoms in total. The number of hydrogen-bond acceptors (Lipinski definition) is 5. The van der Waals surface area contributed by atoms with Gasteiger partial charge in [0.15, 0.2) is 0 Å². The second-order valence-electron chi connectivity index (χ2n) is 10.4. The minimum atomic E-state index is -4.30. The number of benzene rings is 3. The molecular weight excluding hydrogens is 663 g/mol. The number of aryl methyl sites for hydroxylation is 1. The van der Waals surface area contributed by atoms with Crippen LogP contribution < -0.4 is 14.8 Å². The number of alkyl halides is 3. The molecule has 0 aliphatic heterocycles. The van der Waals surface area contributed by atoms with Crippen molar-refractivity contribution in [2.24, 2.45) is 13.0 Å². The van der Waals surface area contributed by atoms with Crippen molar-refractivity contribution < 1.29 is 35.9 Å². The molecule has 1 atom stereocenters. The van der Waals surface area contributed by atoms with Gasteiger partial charge in [-0.15, -0.1) is 0 Å². The van der Waals surface area contributed by atoms with Crippen molar-refractivity contribution in [2.75, 3.05) is 13.7 Å². The summed E-state index contributed by atoms with van der Waals surface area (Å²) in [6.45, 7) is 1.57. The van der Waals surface area contributed by atoms with Gasteiger partial charge in [-0.2, -0.15) is 13.2 Å². The van der Waals surface area contributed by atoms with E-state index in [0.29, 0.717) is 27.8 Å². The minimum Gasteiger partial charge on any atom is -0.496 e. The van der Waals surface area contributed by atoms with Gasteiger partial charge >= 0.3 is 6.18 Å². The third kappa shape index (κ3) is 7.81. The van der Waals surface area contributed by atoms with Crippen molar-refractivity contribution in [3.63, 3.8) is 0 Å². The molecule has 0 spiro atoms. The van der Waals surface area contributed by atoms with E-state index in [-0.39, 0.29) is 23.4 Å². The molecule has 2 N–H and O–H groups in total. The Kier molecular flexibility index (Phi) is 10.1. The molecule has 0 radical (unpaired) electrons. The number of carbonyl (C=O) groups excluding carboxylic acids is 2. The SMILES string of the molecule is CC[C@@H](CNC(=O)c1ccc2c(c1)c(Cc1ccc(C(=O)NS(=O)(=O)c3ccccc3Br)cc1OC)cn2C)CC(F)(F)F. The summed E-state index contributed by atoms with van der Waals surface area (Å²) < 4.78 is 73.9. The average Bonchev–Trinajstić information content (AvgIpc) is 3.28. The quantitative estimate of drug-likeness (QED) is 0.190. The number of methoxy groups -OCH3 is 1. The molecule has 44 heavy (non-hydrogen) atoms. The molecule has 0 saturated heterocycles. The number of aromatic nitrogens is 1. The van der Waals surface area contributed by atoms with Crippen molar-refractivity contribution in [1.82, 2.24) is 14.6 Å². The van der Waals surface area contributed by atoms with Gasteiger partial charge in [-0.25, -0.2) is 13.1 Å². The number of nitrogens with one attached hydrogen (secondary N) is 2. The number of carbonyl (C=O) groups is 2. The smallest absolute Gasteiger partial charge is 0.389 e. The van der Waals surface area contributed by atoms with E-state index >= 15 is 0 Å². The number of hydrogen-bond donors (Lipinski definition) is 2. The molecule has 0 aliphatic carbocycles. The third-order valence-corrected chi connectivity index (χ3v) is 9.61. The van der Waals surface area contributed by atoms with Gasteiger partial charge in [0.05, 0.1) is 7.11 Å². The maximum atomic E-state index is 12.9. The molecule has 0 bridgehead atoms. The van der Waals surface area contributed by atoms with Crippen LogP contribution in [0, 0.1) is 5.92 Å². The van der Waals surface area contributed by atoms with Crippen molar-refractivity contribution in [2.45, 2.75) is 37.3 Å². The normalized spacial score (nSPS) is 12.6. The van der Waals surface area contributed by atoms with Crippen LogP contribution >= 0.6 is 15.9 Å². The van der Waals surface area contributed by atoms with Gasteiger partial charge in [0.2, 0.25) is 0 Å². The van der Waals surface area contributed by atoms with E-state index in [9.17, 15) is 31.2 Å². The Labute approximate surface area is 261 Å². The molecule has 2 amide bonds. The Morgan fingerprint density at radius 3 is 2.34 bits per heavy atom. The molecule has 0 saturated carbocycles. The Bertz CT molecular complexity index is 1810. The van der Waals surface area contributed by atoms with Crippen molar-refractivity contribution in [3.05, 3.63) is 93.6 Å². The Balaban J connectivity index is 1.54. The standard InChI is InChI=1S/C31H31BrF3N3O5S/c1-4-19(16-31(33,34)35)17-36-29(39)21-11-12-26-24(14-21)23(18-38(26)2)13-20-9-10-22(15-27(20)43-3)30(40)37-44(41,42)28-8-6-5-7-25(28)32/h5-12,14-15,18-19H,4,13,16-17H2,1-3H3,(H,36,39)(H,37,40)/t19-/m1/s1. The molecule has 0 fully saturated rings. The van der Waals surface area contributed by atoms with Crippen molar-refractivity contribution in [1.29, 1.82) is 0 Å². The third-order valence-electron chi connectivity index (χ3n) is 7.27. The lowest BCUT2D eigenvalue weighted by Crippen LogP contribution is -2.31. The highest BCUT2D eigenvalue weighted by Crippen LogP contribution is 2.30. The first-order valence-electron chi connectivity index (χ1n) is 13.6. The fraction of sp³-hybridized carbons (Fsp3) is 0.290. The van der Waals surface area contributed by atoms with E-state index in [2.05, 4.69) is 26.0 Å². The van der Waals surface area contributed by atoms with Crippen molar-refractivity contribution in [3.8, 4) is 5.75 Å². The van der Waals surface area contributed by atoms with Gasteiger partial charge in [0, 0.05) is 59.1 Å². The van der Waals surface area contributed by atoms with E-state index in [1.165, 1.54) is 25.3 Å². The minimum absolute atomic E-state index is 0.0765. The number of halogens is 4. The predicted molar refractivity (Wildman–Crippen MR) is 164 cm³/mol. The van der Waals surface area contributed by atoms with E-state index in [1.807, 2.05) is 17.8 Å². The summed E-state index contributed by atoms with van der Waals surface area (Å²) in [7, 11) is -0.852. The zero-order valence-electron chi connectivity index (χ0n) is 24.2. The highest BCUT2D eigenvalue weighted by Gasteiger charge is 2.31. The van der Waals surface area contributed by atoms with Crippen molar-refractivity contribution >= 4 is 48.7 Å². The largest absolute Gasteiger partial charge is 0.496 e. The Morgan fingerprint density at radius 1 is 1.00 bits per heavy atom. The van der Waals surface area contributed by atoms with E-state index in [4.69, 9.17) is 4.74 Å². The van der Waals surface area contributed by atoms with Crippen LogP contribution in [-0.2, 0) is 23.5 Å². The zero-order chi connectivity index (χ0) is 32.2. The van der Waals surface area contributed by atoms with Gasteiger partial charge in [-0.05, 0) is 75.4 Å². The first kappa shape index (κ1) is 33.1. The van der Waals surface area contributed by atoms with E-state index in [1.54, 1.807) is 49.4 Å². The number of ether oxygens (including phenoxy) is 1. The lowest BCUT2D eigenvalue weighted by atomic mass is 10.00. The number of sulfonamides is 1. The lowest BCUT2D eigenvalue weighted by molar-refractivity contribution is -0.144. The fourth-order valence-electron chi connectivity index (χ4n) is 4.92. The first-order chi connectivity index (χ1) is 20.7. The molecule has 13 heteroatoms. The average molecular weight is 695 g/mol. The Morgan fingerprint density at radius 2 is 1.68 bits per heavy atom. The Hall–Kier alpha value is -3.84. The summed E-state index contributed by atoms with van der Waals surface area (Å²) in [5.74, 6) is -1.65. The van der Waals surface area contributed by atoms with Gasteiger partial charge in [0.1, 0.15) is 10.6 Å². The maximum Gasteiger partial charge on any atom is 0.389 e. The van der Waals surface area contributed by atoms with Gasteiger partial charge in [0.25, 0.3) is 21.8 Å². The number of nitrogens with zero attached hydrogens (tertiary/aromatic N) is 1. The summed E-state index contributed by atoms with van der Waals surface area (Å²) in [5.41, 5.74) is 2.78. The summed E-state index contributed by atoms with van der Waals surface area (Å²) >= 11 is 3.19. The van der Waals surface area contributed by atoms with Crippen LogP contribution in [0.4, 0.5) is 13.2 Å². The number of rotatable bonds is 11. The van der Waals surface area contributed by atoms with Crippen LogP contribution in [0.3, 0.4) is 0 Å². The summed E-state index contributed by atoms with van der Waals surface area (Å²) in [6, 6.07) is 15.9. The molecule has 4 rings (SSSR count). The highest BCUT2D eigenvalue weighted by molar-refractivity contribution is 9.10. The highest BCUT2D eigenvalue weighted by atomic mass is 79.9. The summed E-state index contributed by atoms with van der Waals surface area (Å²) in [4.78, 5) is 25.7. The first-order valence-corrected chi connectivity index (χ1v) is 15.9. The zero-order valence-corrected chi connectivity index (χ0v) is 26.6. The fourth-order valence-corrected chi connectivity index (χ4v) is 6.90. The lowest BCUT2D eigenvalue weighted by Gasteiger charge is -2.17. The van der Waals surface area contributed by atoms with Crippen LogP contribution in [0.15, 0.2) is 76.2 Å². The van der Waals surface area contributed by atoms with Crippen LogP contribution in [0.1, 0.15) is 51.6 Å². The van der Waals surface area contributed by atoms with Crippen LogP contribution in [0.25, 0.3) is 10.9 Å². The number of fused-ring (bicyclic) bond motifs is 1. The molecule has 1 heterocycles. The molecule has 1 aromatic heterocycles. The monoisotopic (exact) mass is 693 g/mol. The summed E-state index contributed by atoms with van der Waals surface area (Å²) in [5, 5.41) is 3.40. The molecule has 3 aromatic carbocycles. The van der Waals surface area contributed by atoms with Crippen LogP contribution in [-0.4, -0.2) is 44.6 Å². The van der Waals surface area contributed by atoms with Gasteiger partial charge in [-0.1, -0.05) is 31.5 Å². The molecular formula is C31H31BrF3N3O5S. The van der Waals surface area contributed by atoms with Crippen LogP contribution in [0.2, 0.25) is 0 Å². The summed E-state index contributed by atoms with van der Waals surface area (Å²) in [6.07, 6.45) is -2.73. The molecule has 0 unspecified atom stereocenters. The molecule has 234 valence electrons. The van der Waals surface area contributed by atoms with Gasteiger partial charge in [-0.3, -0.25) is 9.59 Å². The van der Waals surface area contributed by atoms with Gasteiger partial charge < -0.3 is 14.6 Å². The second kappa shape index (κ2) is 13.4. The topological polar surface area (TPSA) is 106 Å². The van der Waals surface area contributed by atoms with Crippen LogP contribution in [0.5, 0.6) is 5.75 Å². The maximum absolute atomic E-state index is 12.9. The predicted octanol–water partition coefficient (Wildman–Crippen LogP) is 6.37. The molecule has 0 aliphatic rings. The van der Waals surface area contributed by atoms with E-state index < -0.39 is 40.4 Å².